The molecule has 2 heterocycles. The van der Waals surface area contributed by atoms with Crippen LogP contribution in [0, 0.1) is 0 Å². The van der Waals surface area contributed by atoms with Crippen molar-refractivity contribution < 1.29 is 0 Å². The summed E-state index contributed by atoms with van der Waals surface area (Å²) in [5.74, 6) is 1.34. The number of anilines is 2. The van der Waals surface area contributed by atoms with Crippen LogP contribution in [0.15, 0.2) is 30.9 Å². The van der Waals surface area contributed by atoms with E-state index in [4.69, 9.17) is 5.73 Å². The minimum atomic E-state index is 0.541. The van der Waals surface area contributed by atoms with Crippen LogP contribution in [0.2, 0.25) is 0 Å². The highest BCUT2D eigenvalue weighted by molar-refractivity contribution is 5.54. The summed E-state index contributed by atoms with van der Waals surface area (Å²) in [6.45, 7) is 2.73. The van der Waals surface area contributed by atoms with E-state index in [0.29, 0.717) is 12.4 Å². The van der Waals surface area contributed by atoms with E-state index in [9.17, 15) is 0 Å². The minimum Gasteiger partial charge on any atom is -0.383 e. The third-order valence-corrected chi connectivity index (χ3v) is 2.54. The Hall–Kier alpha value is -2.17. The van der Waals surface area contributed by atoms with E-state index in [0.717, 1.165) is 23.4 Å². The van der Waals surface area contributed by atoms with E-state index < -0.39 is 0 Å². The van der Waals surface area contributed by atoms with Crippen LogP contribution in [-0.4, -0.2) is 15.0 Å². The van der Waals surface area contributed by atoms with Gasteiger partial charge in [0.15, 0.2) is 0 Å². The first-order valence-electron chi connectivity index (χ1n) is 5.53. The number of nitrogens with zero attached hydrogens (tertiary/aromatic N) is 3. The summed E-state index contributed by atoms with van der Waals surface area (Å²) in [7, 11) is 0. The molecule has 0 spiro atoms. The third kappa shape index (κ3) is 2.69. The van der Waals surface area contributed by atoms with Crippen molar-refractivity contribution in [3.05, 3.63) is 42.0 Å². The van der Waals surface area contributed by atoms with Crippen molar-refractivity contribution in [2.45, 2.75) is 19.9 Å². The molecule has 0 radical (unpaired) electrons. The lowest BCUT2D eigenvalue weighted by Crippen LogP contribution is -2.07. The molecule has 88 valence electrons. The van der Waals surface area contributed by atoms with Crippen molar-refractivity contribution in [3.63, 3.8) is 0 Å². The monoisotopic (exact) mass is 229 g/mol. The van der Waals surface area contributed by atoms with Gasteiger partial charge in [0.1, 0.15) is 18.0 Å². The second-order valence-corrected chi connectivity index (χ2v) is 3.65. The Balaban J connectivity index is 2.12. The zero-order chi connectivity index (χ0) is 12.1. The number of nitrogens with two attached hydrogens (primary N) is 1. The minimum absolute atomic E-state index is 0.541. The van der Waals surface area contributed by atoms with Crippen LogP contribution in [0.25, 0.3) is 0 Å². The lowest BCUT2D eigenvalue weighted by atomic mass is 10.2. The maximum Gasteiger partial charge on any atom is 0.134 e. The Kier molecular flexibility index (Phi) is 3.49. The van der Waals surface area contributed by atoms with Gasteiger partial charge in [0.05, 0.1) is 0 Å². The van der Waals surface area contributed by atoms with Gasteiger partial charge >= 0.3 is 0 Å². The molecule has 0 saturated carbocycles. The summed E-state index contributed by atoms with van der Waals surface area (Å²) in [6, 6.07) is 3.92. The maximum absolute atomic E-state index is 5.80. The highest BCUT2D eigenvalue weighted by Gasteiger charge is 2.06. The van der Waals surface area contributed by atoms with Gasteiger partial charge in [-0.15, -0.1) is 0 Å². The fourth-order valence-corrected chi connectivity index (χ4v) is 1.61. The summed E-state index contributed by atoms with van der Waals surface area (Å²) in [5.41, 5.74) is 7.91. The molecule has 0 saturated heterocycles. The van der Waals surface area contributed by atoms with E-state index in [2.05, 4.69) is 20.3 Å². The van der Waals surface area contributed by atoms with E-state index in [1.54, 1.807) is 12.4 Å². The molecule has 0 aliphatic rings. The first-order chi connectivity index (χ1) is 8.31. The van der Waals surface area contributed by atoms with Gasteiger partial charge in [-0.25, -0.2) is 9.97 Å². The van der Waals surface area contributed by atoms with Gasteiger partial charge in [-0.2, -0.15) is 0 Å². The number of aromatic nitrogens is 3. The predicted octanol–water partition coefficient (Wildman–Crippen LogP) is 1.63. The molecule has 2 aromatic heterocycles. The molecule has 0 aromatic carbocycles. The quantitative estimate of drug-likeness (QED) is 0.833. The molecular weight excluding hydrogens is 214 g/mol. The number of pyridine rings is 1. The van der Waals surface area contributed by atoms with Gasteiger partial charge in [0.25, 0.3) is 0 Å². The highest BCUT2D eigenvalue weighted by atomic mass is 15.0. The first kappa shape index (κ1) is 11.3. The Morgan fingerprint density at radius 3 is 2.71 bits per heavy atom. The van der Waals surface area contributed by atoms with Gasteiger partial charge in [0.2, 0.25) is 0 Å². The molecular formula is C12H15N5. The Labute approximate surface area is 100 Å². The molecule has 0 amide bonds. The lowest BCUT2D eigenvalue weighted by molar-refractivity contribution is 1.02. The molecule has 17 heavy (non-hydrogen) atoms. The zero-order valence-corrected chi connectivity index (χ0v) is 9.72. The Morgan fingerprint density at radius 2 is 2.00 bits per heavy atom. The van der Waals surface area contributed by atoms with Crippen LogP contribution in [0.5, 0.6) is 0 Å². The van der Waals surface area contributed by atoms with Gasteiger partial charge in [-0.05, 0) is 24.1 Å². The van der Waals surface area contributed by atoms with Crippen LogP contribution in [0.3, 0.4) is 0 Å². The number of rotatable bonds is 4. The van der Waals surface area contributed by atoms with Crippen molar-refractivity contribution in [1.29, 1.82) is 0 Å². The van der Waals surface area contributed by atoms with E-state index in [-0.39, 0.29) is 0 Å². The van der Waals surface area contributed by atoms with Crippen LogP contribution in [0.1, 0.15) is 18.1 Å². The fraction of sp³-hybridized carbons (Fsp3) is 0.250. The molecule has 0 atom stereocenters. The number of nitrogen functional groups attached to an aromatic ring is 1. The largest absolute Gasteiger partial charge is 0.383 e. The Bertz CT molecular complexity index is 484. The van der Waals surface area contributed by atoms with Crippen LogP contribution >= 0.6 is 0 Å². The van der Waals surface area contributed by atoms with Crippen molar-refractivity contribution in [2.24, 2.45) is 0 Å². The third-order valence-electron chi connectivity index (χ3n) is 2.54. The van der Waals surface area contributed by atoms with E-state index in [1.807, 2.05) is 19.1 Å². The summed E-state index contributed by atoms with van der Waals surface area (Å²) < 4.78 is 0. The fourth-order valence-electron chi connectivity index (χ4n) is 1.61. The maximum atomic E-state index is 5.80. The molecule has 0 fully saturated rings. The average molecular weight is 229 g/mol. The second-order valence-electron chi connectivity index (χ2n) is 3.65. The number of nitrogens with one attached hydrogen (secondary N) is 1. The molecule has 0 unspecified atom stereocenters. The van der Waals surface area contributed by atoms with Crippen LogP contribution < -0.4 is 11.1 Å². The molecule has 3 N–H and O–H groups in total. The summed E-state index contributed by atoms with van der Waals surface area (Å²) in [4.78, 5) is 12.2. The van der Waals surface area contributed by atoms with Crippen molar-refractivity contribution in [1.82, 2.24) is 15.0 Å². The van der Waals surface area contributed by atoms with Crippen molar-refractivity contribution in [3.8, 4) is 0 Å². The Morgan fingerprint density at radius 1 is 1.24 bits per heavy atom. The highest BCUT2D eigenvalue weighted by Crippen LogP contribution is 2.18. The lowest BCUT2D eigenvalue weighted by Gasteiger charge is -2.10. The zero-order valence-electron chi connectivity index (χ0n) is 9.72. The molecule has 5 nitrogen and oxygen atoms in total. The molecule has 0 aliphatic carbocycles. The molecule has 2 aromatic rings. The van der Waals surface area contributed by atoms with Gasteiger partial charge in [-0.3, -0.25) is 4.98 Å². The molecule has 0 bridgehead atoms. The number of hydrogen-bond donors (Lipinski definition) is 2. The van der Waals surface area contributed by atoms with Gasteiger partial charge in [-0.1, -0.05) is 6.92 Å². The van der Waals surface area contributed by atoms with E-state index >= 15 is 0 Å². The average Bonchev–Trinajstić information content (AvgIpc) is 2.37. The summed E-state index contributed by atoms with van der Waals surface area (Å²) in [5, 5.41) is 3.26. The van der Waals surface area contributed by atoms with Crippen molar-refractivity contribution in [2.75, 3.05) is 11.1 Å². The SMILES string of the molecule is CCc1c(N)ncnc1NCc1ccncc1. The van der Waals surface area contributed by atoms with E-state index in [1.165, 1.54) is 6.33 Å². The van der Waals surface area contributed by atoms with Gasteiger partial charge < -0.3 is 11.1 Å². The van der Waals surface area contributed by atoms with Crippen molar-refractivity contribution >= 4 is 11.6 Å². The smallest absolute Gasteiger partial charge is 0.134 e. The van der Waals surface area contributed by atoms with Crippen LogP contribution in [-0.2, 0) is 13.0 Å². The molecule has 2 rings (SSSR count). The molecule has 0 aliphatic heterocycles. The summed E-state index contributed by atoms with van der Waals surface area (Å²) in [6.07, 6.45) is 5.83. The molecule has 5 heteroatoms. The van der Waals surface area contributed by atoms with Gasteiger partial charge in [0, 0.05) is 24.5 Å². The summed E-state index contributed by atoms with van der Waals surface area (Å²) >= 11 is 0. The standard InChI is InChI=1S/C12H15N5/c1-2-10-11(13)16-8-17-12(10)15-7-9-3-5-14-6-4-9/h3-6,8H,2,7H2,1H3,(H3,13,15,16,17). The number of hydrogen-bond acceptors (Lipinski definition) is 5. The topological polar surface area (TPSA) is 76.7 Å². The second kappa shape index (κ2) is 5.25. The normalized spacial score (nSPS) is 10.2. The predicted molar refractivity (Wildman–Crippen MR) is 67.4 cm³/mol. The first-order valence-corrected chi connectivity index (χ1v) is 5.53. The van der Waals surface area contributed by atoms with Crippen LogP contribution in [0.4, 0.5) is 11.6 Å².